The summed E-state index contributed by atoms with van der Waals surface area (Å²) in [6, 6.07) is 20.4. The van der Waals surface area contributed by atoms with Crippen LogP contribution in [0.1, 0.15) is 15.9 Å². The van der Waals surface area contributed by atoms with Gasteiger partial charge in [0, 0.05) is 15.1 Å². The van der Waals surface area contributed by atoms with Gasteiger partial charge in [-0.05, 0) is 54.6 Å². The van der Waals surface area contributed by atoms with Gasteiger partial charge >= 0.3 is 5.97 Å². The molecule has 3 rings (SSSR count). The number of halogens is 2. The highest BCUT2D eigenvalue weighted by Gasteiger charge is 2.12. The van der Waals surface area contributed by atoms with Crippen molar-refractivity contribution in [3.63, 3.8) is 0 Å². The zero-order valence-electron chi connectivity index (χ0n) is 15.5. The number of hydrogen-bond acceptors (Lipinski definition) is 5. The van der Waals surface area contributed by atoms with Crippen LogP contribution >= 0.6 is 27.5 Å². The molecule has 3 aromatic rings. The van der Waals surface area contributed by atoms with Gasteiger partial charge in [-0.15, -0.1) is 0 Å². The summed E-state index contributed by atoms with van der Waals surface area (Å²) < 4.78 is 11.6. The first-order valence-corrected chi connectivity index (χ1v) is 9.95. The van der Waals surface area contributed by atoms with Crippen molar-refractivity contribution < 1.29 is 19.1 Å². The van der Waals surface area contributed by atoms with E-state index in [0.29, 0.717) is 21.9 Å². The summed E-state index contributed by atoms with van der Waals surface area (Å²) in [4.78, 5) is 24.3. The monoisotopic (exact) mass is 486 g/mol. The van der Waals surface area contributed by atoms with Crippen molar-refractivity contribution in [2.24, 2.45) is 5.10 Å². The van der Waals surface area contributed by atoms with E-state index in [9.17, 15) is 9.59 Å². The van der Waals surface area contributed by atoms with Crippen LogP contribution < -0.4 is 14.9 Å². The molecule has 0 atom stereocenters. The molecule has 0 spiro atoms. The van der Waals surface area contributed by atoms with Crippen LogP contribution in [0.5, 0.6) is 11.5 Å². The van der Waals surface area contributed by atoms with Crippen LogP contribution in [-0.2, 0) is 4.79 Å². The summed E-state index contributed by atoms with van der Waals surface area (Å²) in [7, 11) is 0. The first-order chi connectivity index (χ1) is 14.5. The normalized spacial score (nSPS) is 10.6. The maximum Gasteiger partial charge on any atom is 0.343 e. The maximum absolute atomic E-state index is 12.4. The van der Waals surface area contributed by atoms with Crippen LogP contribution in [0.3, 0.4) is 0 Å². The molecule has 0 radical (unpaired) electrons. The summed E-state index contributed by atoms with van der Waals surface area (Å²) in [5.74, 6) is -0.0922. The molecule has 30 heavy (non-hydrogen) atoms. The minimum absolute atomic E-state index is 0.182. The lowest BCUT2D eigenvalue weighted by atomic mass is 10.2. The number of carbonyl (C=O) groups excluding carboxylic acids is 2. The number of nitrogens with one attached hydrogen (secondary N) is 1. The van der Waals surface area contributed by atoms with Gasteiger partial charge in [0.25, 0.3) is 5.91 Å². The zero-order chi connectivity index (χ0) is 21.3. The highest BCUT2D eigenvalue weighted by atomic mass is 79.9. The van der Waals surface area contributed by atoms with Crippen molar-refractivity contribution in [3.05, 3.63) is 93.4 Å². The standard InChI is InChI=1S/C22H16BrClN2O4/c23-17-8-11-20(30-22(28)15-6-9-18(24)10-7-15)16(12-17)13-25-26-21(27)14-29-19-4-2-1-3-5-19/h1-13H,14H2,(H,26,27)/b25-13+. The number of amides is 1. The van der Waals surface area contributed by atoms with Crippen LogP contribution in [0.25, 0.3) is 0 Å². The maximum atomic E-state index is 12.4. The fourth-order valence-electron chi connectivity index (χ4n) is 2.33. The molecule has 8 heteroatoms. The largest absolute Gasteiger partial charge is 0.484 e. The fraction of sp³-hybridized carbons (Fsp3) is 0.0455. The van der Waals surface area contributed by atoms with E-state index < -0.39 is 11.9 Å². The predicted octanol–water partition coefficient (Wildman–Crippen LogP) is 4.85. The Morgan fingerprint density at radius 3 is 2.50 bits per heavy atom. The molecule has 0 heterocycles. The molecule has 0 aromatic heterocycles. The van der Waals surface area contributed by atoms with Gasteiger partial charge in [-0.2, -0.15) is 5.10 Å². The third kappa shape index (κ3) is 6.43. The third-order valence-corrected chi connectivity index (χ3v) is 4.51. The van der Waals surface area contributed by atoms with Gasteiger partial charge < -0.3 is 9.47 Å². The Morgan fingerprint density at radius 2 is 1.77 bits per heavy atom. The van der Waals surface area contributed by atoms with Crippen LogP contribution in [0.2, 0.25) is 5.02 Å². The molecular formula is C22H16BrClN2O4. The molecule has 1 amide bonds. The fourth-order valence-corrected chi connectivity index (χ4v) is 2.83. The summed E-state index contributed by atoms with van der Waals surface area (Å²) >= 11 is 9.20. The highest BCUT2D eigenvalue weighted by Crippen LogP contribution is 2.23. The number of hydrazone groups is 1. The Morgan fingerprint density at radius 1 is 1.03 bits per heavy atom. The Balaban J connectivity index is 1.62. The molecule has 0 fully saturated rings. The van der Waals surface area contributed by atoms with Crippen LogP contribution in [0, 0.1) is 0 Å². The minimum atomic E-state index is -0.538. The van der Waals surface area contributed by atoms with Crippen LogP contribution in [-0.4, -0.2) is 24.7 Å². The second kappa shape index (κ2) is 10.6. The second-order valence-corrected chi connectivity index (χ2v) is 7.33. The number of para-hydroxylation sites is 1. The van der Waals surface area contributed by atoms with Crippen molar-refractivity contribution in [3.8, 4) is 11.5 Å². The summed E-state index contributed by atoms with van der Waals surface area (Å²) in [5.41, 5.74) is 3.23. The van der Waals surface area contributed by atoms with E-state index in [2.05, 4.69) is 26.5 Å². The average Bonchev–Trinajstić information content (AvgIpc) is 2.75. The molecule has 0 aliphatic rings. The Hall–Kier alpha value is -3.16. The quantitative estimate of drug-likeness (QED) is 0.224. The summed E-state index contributed by atoms with van der Waals surface area (Å²) in [6.45, 7) is -0.182. The van der Waals surface area contributed by atoms with Crippen molar-refractivity contribution >= 4 is 45.6 Å². The molecule has 1 N–H and O–H groups in total. The first kappa shape index (κ1) is 21.5. The molecule has 152 valence electrons. The van der Waals surface area contributed by atoms with Gasteiger partial charge in [0.05, 0.1) is 11.8 Å². The van der Waals surface area contributed by atoms with Gasteiger partial charge in [0.2, 0.25) is 0 Å². The van der Waals surface area contributed by atoms with Gasteiger partial charge in [0.15, 0.2) is 6.61 Å². The van der Waals surface area contributed by atoms with E-state index in [0.717, 1.165) is 4.47 Å². The van der Waals surface area contributed by atoms with Gasteiger partial charge in [-0.1, -0.05) is 45.7 Å². The van der Waals surface area contributed by atoms with E-state index in [1.165, 1.54) is 6.21 Å². The number of esters is 1. The van der Waals surface area contributed by atoms with Crippen LogP contribution in [0.4, 0.5) is 0 Å². The molecule has 0 aliphatic carbocycles. The Bertz CT molecular complexity index is 1060. The highest BCUT2D eigenvalue weighted by molar-refractivity contribution is 9.10. The van der Waals surface area contributed by atoms with E-state index in [4.69, 9.17) is 21.1 Å². The number of benzene rings is 3. The molecule has 3 aromatic carbocycles. The van der Waals surface area contributed by atoms with Gasteiger partial charge in [-0.3, -0.25) is 4.79 Å². The van der Waals surface area contributed by atoms with Crippen LogP contribution in [0.15, 0.2) is 82.4 Å². The molecule has 0 aliphatic heterocycles. The van der Waals surface area contributed by atoms with Crippen molar-refractivity contribution in [1.82, 2.24) is 5.43 Å². The lowest BCUT2D eigenvalue weighted by Gasteiger charge is -2.08. The smallest absolute Gasteiger partial charge is 0.343 e. The molecule has 6 nitrogen and oxygen atoms in total. The van der Waals surface area contributed by atoms with E-state index in [1.807, 2.05) is 18.2 Å². The lowest BCUT2D eigenvalue weighted by molar-refractivity contribution is -0.123. The number of rotatable bonds is 7. The van der Waals surface area contributed by atoms with Gasteiger partial charge in [-0.25, -0.2) is 10.2 Å². The van der Waals surface area contributed by atoms with E-state index in [1.54, 1.807) is 54.6 Å². The summed E-state index contributed by atoms with van der Waals surface area (Å²) in [6.07, 6.45) is 1.38. The van der Waals surface area contributed by atoms with Crippen molar-refractivity contribution in [2.75, 3.05) is 6.61 Å². The first-order valence-electron chi connectivity index (χ1n) is 8.78. The topological polar surface area (TPSA) is 77.0 Å². The lowest BCUT2D eigenvalue weighted by Crippen LogP contribution is -2.24. The van der Waals surface area contributed by atoms with E-state index >= 15 is 0 Å². The molecule has 0 saturated carbocycles. The van der Waals surface area contributed by atoms with Gasteiger partial charge in [0.1, 0.15) is 11.5 Å². The Labute approximate surface area is 186 Å². The molecule has 0 bridgehead atoms. The number of carbonyl (C=O) groups is 2. The Kier molecular flexibility index (Phi) is 7.59. The van der Waals surface area contributed by atoms with Crippen molar-refractivity contribution in [2.45, 2.75) is 0 Å². The molecule has 0 saturated heterocycles. The zero-order valence-corrected chi connectivity index (χ0v) is 17.9. The van der Waals surface area contributed by atoms with E-state index in [-0.39, 0.29) is 12.4 Å². The number of hydrogen-bond donors (Lipinski definition) is 1. The third-order valence-electron chi connectivity index (χ3n) is 3.76. The molecular weight excluding hydrogens is 472 g/mol. The summed E-state index contributed by atoms with van der Waals surface area (Å²) in [5, 5.41) is 4.44. The second-order valence-electron chi connectivity index (χ2n) is 5.97. The number of nitrogens with zero attached hydrogens (tertiary/aromatic N) is 1. The predicted molar refractivity (Wildman–Crippen MR) is 118 cm³/mol. The van der Waals surface area contributed by atoms with Crippen molar-refractivity contribution in [1.29, 1.82) is 0 Å². The number of ether oxygens (including phenoxy) is 2. The minimum Gasteiger partial charge on any atom is -0.484 e. The average molecular weight is 488 g/mol. The SMILES string of the molecule is O=C(COc1ccccc1)N/N=C/c1cc(Br)ccc1OC(=O)c1ccc(Cl)cc1. The molecule has 0 unspecified atom stereocenters.